The fourth-order valence-corrected chi connectivity index (χ4v) is 2.80. The summed E-state index contributed by atoms with van der Waals surface area (Å²) in [6, 6.07) is 6.66. The average molecular weight is 300 g/mol. The summed E-state index contributed by atoms with van der Waals surface area (Å²) in [5.74, 6) is -0.0130. The van der Waals surface area contributed by atoms with Crippen LogP contribution in [0.2, 0.25) is 0 Å². The molecule has 0 amide bonds. The maximum Gasteiger partial charge on any atom is 0.361 e. The molecule has 6 nitrogen and oxygen atoms in total. The molecule has 0 bridgehead atoms. The van der Waals surface area contributed by atoms with Gasteiger partial charge >= 0.3 is 13.6 Å². The molecule has 0 spiro atoms. The number of esters is 1. The number of carbonyl (C=O) groups is 1. The molecule has 0 heterocycles. The molecule has 0 aliphatic heterocycles. The van der Waals surface area contributed by atoms with Gasteiger partial charge in [0.15, 0.2) is 0 Å². The third-order valence-electron chi connectivity index (χ3n) is 2.62. The van der Waals surface area contributed by atoms with Crippen LogP contribution in [0.4, 0.5) is 0 Å². The maximum absolute atomic E-state index is 12.5. The van der Waals surface area contributed by atoms with Crippen molar-refractivity contribution in [3.05, 3.63) is 35.9 Å². The van der Waals surface area contributed by atoms with Crippen LogP contribution in [-0.4, -0.2) is 34.4 Å². The van der Waals surface area contributed by atoms with E-state index < -0.39 is 13.6 Å². The zero-order valence-corrected chi connectivity index (χ0v) is 12.7. The highest BCUT2D eigenvalue weighted by atomic mass is 31.2. The molecule has 20 heavy (non-hydrogen) atoms. The summed E-state index contributed by atoms with van der Waals surface area (Å²) in [4.78, 5) is 11.4. The Kier molecular flexibility index (Phi) is 5.95. The normalized spacial score (nSPS) is 12.1. The number of rotatable bonds is 6. The van der Waals surface area contributed by atoms with Gasteiger partial charge in [-0.3, -0.25) is 4.57 Å². The largest absolute Gasteiger partial charge is 0.497 e. The minimum absolute atomic E-state index is 0.122. The van der Waals surface area contributed by atoms with Crippen molar-refractivity contribution < 1.29 is 27.9 Å². The fraction of sp³-hybridized carbons (Fsp3) is 0.308. The number of benzene rings is 1. The zero-order chi connectivity index (χ0) is 15.2. The fourth-order valence-electron chi connectivity index (χ4n) is 1.52. The Morgan fingerprint density at radius 1 is 1.05 bits per heavy atom. The molecule has 0 saturated carbocycles. The molecule has 0 aromatic heterocycles. The second kappa shape index (κ2) is 7.24. The second-order valence-corrected chi connectivity index (χ2v) is 5.85. The molecule has 0 radical (unpaired) electrons. The molecule has 1 rings (SSSR count). The predicted molar refractivity (Wildman–Crippen MR) is 74.6 cm³/mol. The SMILES string of the molecule is COC(=O)/C=C(/c1ccc(OC)cc1)P(=O)(OC)OC. The van der Waals surface area contributed by atoms with Crippen molar-refractivity contribution >= 4 is 18.9 Å². The number of hydrogen-bond acceptors (Lipinski definition) is 6. The molecule has 0 fully saturated rings. The number of carbonyl (C=O) groups excluding carboxylic acids is 1. The van der Waals surface area contributed by atoms with E-state index in [1.807, 2.05) is 0 Å². The van der Waals surface area contributed by atoms with Crippen LogP contribution in [0.3, 0.4) is 0 Å². The van der Waals surface area contributed by atoms with E-state index in [4.69, 9.17) is 13.8 Å². The van der Waals surface area contributed by atoms with Crippen LogP contribution < -0.4 is 4.74 Å². The van der Waals surface area contributed by atoms with Crippen LogP contribution in [0.25, 0.3) is 5.31 Å². The first-order valence-corrected chi connectivity index (χ1v) is 7.21. The van der Waals surface area contributed by atoms with Gasteiger partial charge in [0.2, 0.25) is 0 Å². The van der Waals surface area contributed by atoms with Gasteiger partial charge in [-0.25, -0.2) is 4.79 Å². The average Bonchev–Trinajstić information content (AvgIpc) is 2.51. The molecular weight excluding hydrogens is 283 g/mol. The Labute approximate surface area is 117 Å². The van der Waals surface area contributed by atoms with Gasteiger partial charge in [0.25, 0.3) is 0 Å². The van der Waals surface area contributed by atoms with Gasteiger partial charge in [-0.15, -0.1) is 0 Å². The Balaban J connectivity index is 3.33. The Morgan fingerprint density at radius 2 is 1.60 bits per heavy atom. The van der Waals surface area contributed by atoms with Gasteiger partial charge in [-0.2, -0.15) is 0 Å². The number of ether oxygens (including phenoxy) is 2. The summed E-state index contributed by atoms with van der Waals surface area (Å²) >= 11 is 0. The van der Waals surface area contributed by atoms with Crippen LogP contribution in [0, 0.1) is 0 Å². The minimum atomic E-state index is -3.58. The molecule has 110 valence electrons. The number of hydrogen-bond donors (Lipinski definition) is 0. The van der Waals surface area contributed by atoms with Crippen molar-refractivity contribution in [1.82, 2.24) is 0 Å². The third kappa shape index (κ3) is 3.70. The number of methoxy groups -OCH3 is 2. The molecule has 7 heteroatoms. The highest BCUT2D eigenvalue weighted by Gasteiger charge is 2.30. The Hall–Kier alpha value is -1.62. The molecule has 1 aromatic carbocycles. The van der Waals surface area contributed by atoms with Crippen molar-refractivity contribution in [2.45, 2.75) is 0 Å². The monoisotopic (exact) mass is 300 g/mol. The van der Waals surface area contributed by atoms with Crippen molar-refractivity contribution in [3.8, 4) is 5.75 Å². The van der Waals surface area contributed by atoms with Crippen LogP contribution in [-0.2, 0) is 23.1 Å². The van der Waals surface area contributed by atoms with Gasteiger partial charge in [-0.1, -0.05) is 12.1 Å². The van der Waals surface area contributed by atoms with Crippen LogP contribution in [0.5, 0.6) is 5.75 Å². The van der Waals surface area contributed by atoms with E-state index in [0.29, 0.717) is 11.3 Å². The van der Waals surface area contributed by atoms with Crippen LogP contribution in [0.15, 0.2) is 30.3 Å². The predicted octanol–water partition coefficient (Wildman–Crippen LogP) is 2.70. The highest BCUT2D eigenvalue weighted by molar-refractivity contribution is 7.65. The lowest BCUT2D eigenvalue weighted by Gasteiger charge is -2.17. The first-order chi connectivity index (χ1) is 9.50. The molecular formula is C13H17O6P. The van der Waals surface area contributed by atoms with E-state index in [2.05, 4.69) is 4.74 Å². The maximum atomic E-state index is 12.5. The summed E-state index contributed by atoms with van der Waals surface area (Å²) < 4.78 is 32.0. The summed E-state index contributed by atoms with van der Waals surface area (Å²) in [6.07, 6.45) is 1.09. The first kappa shape index (κ1) is 16.4. The second-order valence-electron chi connectivity index (χ2n) is 3.64. The van der Waals surface area contributed by atoms with Gasteiger partial charge in [0.1, 0.15) is 5.75 Å². The van der Waals surface area contributed by atoms with Gasteiger partial charge in [-0.05, 0) is 17.7 Å². The summed E-state index contributed by atoms with van der Waals surface area (Å²) in [6.45, 7) is 0. The lowest BCUT2D eigenvalue weighted by molar-refractivity contribution is -0.134. The molecule has 1 aromatic rings. The van der Waals surface area contributed by atoms with Crippen LogP contribution >= 0.6 is 7.60 Å². The zero-order valence-electron chi connectivity index (χ0n) is 11.8. The first-order valence-electron chi connectivity index (χ1n) is 5.67. The summed E-state index contributed by atoms with van der Waals surface area (Å²) in [5, 5.41) is 0.122. The van der Waals surface area contributed by atoms with Crippen molar-refractivity contribution in [3.63, 3.8) is 0 Å². The lowest BCUT2D eigenvalue weighted by atomic mass is 10.2. The molecule has 0 aliphatic rings. The van der Waals surface area contributed by atoms with Crippen molar-refractivity contribution in [2.75, 3.05) is 28.4 Å². The van der Waals surface area contributed by atoms with Crippen molar-refractivity contribution in [2.24, 2.45) is 0 Å². The molecule has 0 saturated heterocycles. The minimum Gasteiger partial charge on any atom is -0.497 e. The Morgan fingerprint density at radius 3 is 2.00 bits per heavy atom. The van der Waals surface area contributed by atoms with Gasteiger partial charge in [0, 0.05) is 20.3 Å². The van der Waals surface area contributed by atoms with E-state index in [-0.39, 0.29) is 5.31 Å². The third-order valence-corrected chi connectivity index (χ3v) is 4.56. The van der Waals surface area contributed by atoms with Gasteiger partial charge in [0.05, 0.1) is 19.5 Å². The van der Waals surface area contributed by atoms with E-state index in [0.717, 1.165) is 6.08 Å². The van der Waals surface area contributed by atoms with Gasteiger partial charge < -0.3 is 18.5 Å². The molecule has 0 atom stereocenters. The van der Waals surface area contributed by atoms with E-state index >= 15 is 0 Å². The Bertz CT molecular complexity index is 526. The van der Waals surface area contributed by atoms with E-state index in [9.17, 15) is 9.36 Å². The van der Waals surface area contributed by atoms with E-state index in [1.54, 1.807) is 24.3 Å². The molecule has 0 aliphatic carbocycles. The van der Waals surface area contributed by atoms with Crippen LogP contribution in [0.1, 0.15) is 5.56 Å². The standard InChI is InChI=1S/C13H17O6P/c1-16-11-7-5-10(6-8-11)12(9-13(14)17-2)20(15,18-3)19-4/h5-9H,1-4H3/b12-9-. The highest BCUT2D eigenvalue weighted by Crippen LogP contribution is 2.59. The van der Waals surface area contributed by atoms with E-state index in [1.165, 1.54) is 28.4 Å². The summed E-state index contributed by atoms with van der Waals surface area (Å²) in [7, 11) is 1.68. The smallest absolute Gasteiger partial charge is 0.361 e. The quantitative estimate of drug-likeness (QED) is 0.457. The van der Waals surface area contributed by atoms with Crippen molar-refractivity contribution in [1.29, 1.82) is 0 Å². The molecule has 0 unspecified atom stereocenters. The molecule has 0 N–H and O–H groups in total. The lowest BCUT2D eigenvalue weighted by Crippen LogP contribution is -2.00. The topological polar surface area (TPSA) is 71.1 Å². The summed E-state index contributed by atoms with van der Waals surface area (Å²) in [5.41, 5.74) is 0.517.